The molecule has 27 heavy (non-hydrogen) atoms. The second kappa shape index (κ2) is 8.36. The van der Waals surface area contributed by atoms with Crippen LogP contribution in [0.4, 0.5) is 0 Å². The van der Waals surface area contributed by atoms with E-state index in [2.05, 4.69) is 10.2 Å². The molecule has 0 atom stereocenters. The van der Waals surface area contributed by atoms with E-state index in [0.717, 1.165) is 8.68 Å². The summed E-state index contributed by atoms with van der Waals surface area (Å²) >= 11 is 4.26. The van der Waals surface area contributed by atoms with Gasteiger partial charge in [0.1, 0.15) is 0 Å². The van der Waals surface area contributed by atoms with E-state index in [1.165, 1.54) is 56.8 Å². The summed E-state index contributed by atoms with van der Waals surface area (Å²) in [4.78, 5) is 49.4. The van der Waals surface area contributed by atoms with Crippen LogP contribution in [-0.4, -0.2) is 68.2 Å². The normalized spacial score (nSPS) is 17.3. The molecule has 0 saturated heterocycles. The minimum Gasteiger partial charge on any atom is -0.274 e. The Hall–Kier alpha value is -1.98. The van der Waals surface area contributed by atoms with E-state index >= 15 is 0 Å². The number of nitrogens with zero attached hydrogens (tertiary/aromatic N) is 4. The quantitative estimate of drug-likeness (QED) is 0.455. The average Bonchev–Trinajstić information content (AvgIpc) is 3.24. The molecular formula is C16H16N4O4S3. The molecule has 3 heterocycles. The Kier molecular flexibility index (Phi) is 6.12. The molecule has 0 unspecified atom stereocenters. The van der Waals surface area contributed by atoms with Crippen LogP contribution in [-0.2, 0) is 19.2 Å². The smallest absolute Gasteiger partial charge is 0.256 e. The molecular weight excluding hydrogens is 408 g/mol. The van der Waals surface area contributed by atoms with E-state index < -0.39 is 0 Å². The maximum absolute atomic E-state index is 11.8. The maximum Gasteiger partial charge on any atom is 0.256 e. The van der Waals surface area contributed by atoms with Gasteiger partial charge in [-0.2, -0.15) is 0 Å². The fourth-order valence-electron chi connectivity index (χ4n) is 2.46. The van der Waals surface area contributed by atoms with Gasteiger partial charge in [-0.15, -0.1) is 10.2 Å². The van der Waals surface area contributed by atoms with Gasteiger partial charge in [0.2, 0.25) is 0 Å². The summed E-state index contributed by atoms with van der Waals surface area (Å²) in [6.45, 7) is 3.90. The van der Waals surface area contributed by atoms with Crippen molar-refractivity contribution in [1.82, 2.24) is 20.0 Å². The van der Waals surface area contributed by atoms with Crippen LogP contribution >= 0.6 is 34.9 Å². The summed E-state index contributed by atoms with van der Waals surface area (Å²) in [5.74, 6) is 0.0403. The van der Waals surface area contributed by atoms with Gasteiger partial charge >= 0.3 is 0 Å². The van der Waals surface area contributed by atoms with E-state index in [-0.39, 0.29) is 23.6 Å². The first-order chi connectivity index (χ1) is 12.9. The Labute approximate surface area is 168 Å². The topological polar surface area (TPSA) is 101 Å². The summed E-state index contributed by atoms with van der Waals surface area (Å²) in [5.41, 5.74) is 0.917. The van der Waals surface area contributed by atoms with Crippen molar-refractivity contribution in [2.24, 2.45) is 0 Å². The Morgan fingerprint density at radius 3 is 1.56 bits per heavy atom. The zero-order valence-corrected chi connectivity index (χ0v) is 17.1. The third-order valence-electron chi connectivity index (χ3n) is 3.85. The van der Waals surface area contributed by atoms with Crippen molar-refractivity contribution in [3.05, 3.63) is 23.3 Å². The lowest BCUT2D eigenvalue weighted by molar-refractivity contribution is -0.138. The number of thioether (sulfide) groups is 2. The molecule has 0 spiro atoms. The van der Waals surface area contributed by atoms with E-state index in [9.17, 15) is 19.2 Å². The molecule has 142 valence electrons. The highest BCUT2D eigenvalue weighted by molar-refractivity contribution is 8.03. The van der Waals surface area contributed by atoms with Crippen molar-refractivity contribution in [2.75, 3.05) is 24.6 Å². The monoisotopic (exact) mass is 424 g/mol. The molecule has 0 aliphatic carbocycles. The molecule has 0 aromatic carbocycles. The third-order valence-corrected chi connectivity index (χ3v) is 7.00. The highest BCUT2D eigenvalue weighted by Gasteiger charge is 2.28. The van der Waals surface area contributed by atoms with Crippen LogP contribution in [0.2, 0.25) is 0 Å². The standard InChI is InChI=1S/C16H16N4O4S3/c1-9-7-11(21)19(13(9)23)3-5-25-15-17-18-16(27-15)26-6-4-20-12(22)8-10(2)14(20)24/h7-8H,3-6H2,1-2H3. The first kappa shape index (κ1) is 19.8. The predicted molar refractivity (Wildman–Crippen MR) is 102 cm³/mol. The van der Waals surface area contributed by atoms with Crippen molar-refractivity contribution >= 4 is 58.5 Å². The van der Waals surface area contributed by atoms with Gasteiger partial charge in [0.15, 0.2) is 8.68 Å². The van der Waals surface area contributed by atoms with Crippen molar-refractivity contribution in [2.45, 2.75) is 22.5 Å². The van der Waals surface area contributed by atoms with Gasteiger partial charge in [-0.1, -0.05) is 34.9 Å². The van der Waals surface area contributed by atoms with Crippen LogP contribution in [0, 0.1) is 0 Å². The summed E-state index contributed by atoms with van der Waals surface area (Å²) in [6.07, 6.45) is 2.69. The Morgan fingerprint density at radius 1 is 0.815 bits per heavy atom. The third kappa shape index (κ3) is 4.47. The minimum atomic E-state index is -0.276. The van der Waals surface area contributed by atoms with Crippen LogP contribution in [0.25, 0.3) is 0 Å². The highest BCUT2D eigenvalue weighted by atomic mass is 32.2. The van der Waals surface area contributed by atoms with E-state index in [0.29, 0.717) is 35.7 Å². The SMILES string of the molecule is CC1=CC(=O)N(CCSc2nnc(SCCN3C(=O)C=C(C)C3=O)s2)C1=O. The zero-order chi connectivity index (χ0) is 19.6. The zero-order valence-electron chi connectivity index (χ0n) is 14.6. The van der Waals surface area contributed by atoms with Crippen molar-refractivity contribution in [3.63, 3.8) is 0 Å². The summed E-state index contributed by atoms with van der Waals surface area (Å²) in [7, 11) is 0. The van der Waals surface area contributed by atoms with Crippen LogP contribution in [0.1, 0.15) is 13.8 Å². The molecule has 1 aromatic rings. The molecule has 8 nitrogen and oxygen atoms in total. The van der Waals surface area contributed by atoms with Crippen molar-refractivity contribution in [1.29, 1.82) is 0 Å². The second-order valence-electron chi connectivity index (χ2n) is 5.78. The number of amides is 4. The fraction of sp³-hybridized carbons (Fsp3) is 0.375. The molecule has 0 bridgehead atoms. The van der Waals surface area contributed by atoms with Gasteiger partial charge in [0.25, 0.3) is 23.6 Å². The number of rotatable bonds is 8. The molecule has 0 fully saturated rings. The average molecular weight is 425 g/mol. The molecule has 0 radical (unpaired) electrons. The van der Waals surface area contributed by atoms with Crippen LogP contribution in [0.15, 0.2) is 32.0 Å². The predicted octanol–water partition coefficient (Wildman–Crippen LogP) is 1.35. The largest absolute Gasteiger partial charge is 0.274 e. The molecule has 2 aliphatic heterocycles. The van der Waals surface area contributed by atoms with Crippen LogP contribution < -0.4 is 0 Å². The van der Waals surface area contributed by atoms with Crippen molar-refractivity contribution < 1.29 is 19.2 Å². The highest BCUT2D eigenvalue weighted by Crippen LogP contribution is 2.29. The molecule has 0 saturated carbocycles. The van der Waals surface area contributed by atoms with Crippen molar-refractivity contribution in [3.8, 4) is 0 Å². The van der Waals surface area contributed by atoms with Crippen LogP contribution in [0.3, 0.4) is 0 Å². The Morgan fingerprint density at radius 2 is 1.22 bits per heavy atom. The molecule has 0 N–H and O–H groups in total. The number of carbonyl (C=O) groups is 4. The van der Waals surface area contributed by atoms with E-state index in [1.807, 2.05) is 0 Å². The Balaban J connectivity index is 1.40. The Bertz CT molecular complexity index is 808. The lowest BCUT2D eigenvalue weighted by Crippen LogP contribution is -2.32. The first-order valence-corrected chi connectivity index (χ1v) is 10.8. The summed E-state index contributed by atoms with van der Waals surface area (Å²) in [6, 6.07) is 0. The number of hydrogen-bond acceptors (Lipinski definition) is 9. The number of carbonyl (C=O) groups excluding carboxylic acids is 4. The minimum absolute atomic E-state index is 0.246. The number of hydrogen-bond donors (Lipinski definition) is 0. The number of aromatic nitrogens is 2. The van der Waals surface area contributed by atoms with Crippen LogP contribution in [0.5, 0.6) is 0 Å². The van der Waals surface area contributed by atoms with Gasteiger partial charge in [-0.25, -0.2) is 0 Å². The second-order valence-corrected chi connectivity index (χ2v) is 9.44. The van der Waals surface area contributed by atoms with E-state index in [4.69, 9.17) is 0 Å². The van der Waals surface area contributed by atoms with Gasteiger partial charge < -0.3 is 0 Å². The first-order valence-electron chi connectivity index (χ1n) is 8.04. The number of imide groups is 2. The molecule has 2 aliphatic rings. The molecule has 4 amide bonds. The fourth-order valence-corrected chi connectivity index (χ4v) is 5.47. The molecule has 3 rings (SSSR count). The van der Waals surface area contributed by atoms with Gasteiger partial charge in [0, 0.05) is 47.9 Å². The van der Waals surface area contributed by atoms with Gasteiger partial charge in [0.05, 0.1) is 0 Å². The molecule has 11 heteroatoms. The van der Waals surface area contributed by atoms with Gasteiger partial charge in [-0.05, 0) is 13.8 Å². The maximum atomic E-state index is 11.8. The summed E-state index contributed by atoms with van der Waals surface area (Å²) < 4.78 is 1.49. The lowest BCUT2D eigenvalue weighted by Gasteiger charge is -2.13. The lowest BCUT2D eigenvalue weighted by atomic mass is 10.3. The van der Waals surface area contributed by atoms with Gasteiger partial charge in [-0.3, -0.25) is 29.0 Å². The molecule has 1 aromatic heterocycles. The summed E-state index contributed by atoms with van der Waals surface area (Å²) in [5, 5.41) is 8.15. The van der Waals surface area contributed by atoms with E-state index in [1.54, 1.807) is 13.8 Å².